The minimum absolute atomic E-state index is 0.0289. The second kappa shape index (κ2) is 5.58. The summed E-state index contributed by atoms with van der Waals surface area (Å²) in [4.78, 5) is 6.54. The topological polar surface area (TPSA) is 45.6 Å². The highest BCUT2D eigenvalue weighted by atomic mass is 16.5. The average molecular weight is 236 g/mol. The van der Waals surface area contributed by atoms with E-state index in [-0.39, 0.29) is 12.0 Å². The van der Waals surface area contributed by atoms with E-state index < -0.39 is 0 Å². The fourth-order valence-electron chi connectivity index (χ4n) is 2.13. The molecule has 0 atom stereocenters. The maximum atomic E-state index is 9.35. The molecule has 1 aromatic rings. The van der Waals surface area contributed by atoms with Gasteiger partial charge in [0.05, 0.1) is 25.2 Å². The second-order valence-corrected chi connectivity index (χ2v) is 4.96. The predicted octanol–water partition coefficient (Wildman–Crippen LogP) is 0.565. The van der Waals surface area contributed by atoms with E-state index in [1.807, 2.05) is 24.4 Å². The molecule has 1 aliphatic rings. The maximum absolute atomic E-state index is 9.35. The van der Waals surface area contributed by atoms with Crippen molar-refractivity contribution in [1.82, 2.24) is 9.88 Å². The van der Waals surface area contributed by atoms with Gasteiger partial charge in [-0.25, -0.2) is 0 Å². The molecule has 2 rings (SSSR count). The van der Waals surface area contributed by atoms with Crippen LogP contribution in [0, 0.1) is 5.41 Å². The van der Waals surface area contributed by atoms with Crippen molar-refractivity contribution in [2.45, 2.75) is 6.42 Å². The molecule has 0 spiro atoms. The number of rotatable bonds is 6. The third kappa shape index (κ3) is 3.25. The average Bonchev–Trinajstić information content (AvgIpc) is 2.33. The van der Waals surface area contributed by atoms with Gasteiger partial charge in [0.25, 0.3) is 0 Å². The van der Waals surface area contributed by atoms with E-state index >= 15 is 0 Å². The Balaban J connectivity index is 1.76. The fourth-order valence-corrected chi connectivity index (χ4v) is 2.13. The van der Waals surface area contributed by atoms with Gasteiger partial charge in [-0.1, -0.05) is 6.07 Å². The van der Waals surface area contributed by atoms with Crippen LogP contribution in [0.1, 0.15) is 5.69 Å². The summed E-state index contributed by atoms with van der Waals surface area (Å²) in [6.07, 6.45) is 2.77. The van der Waals surface area contributed by atoms with E-state index in [9.17, 15) is 5.11 Å². The van der Waals surface area contributed by atoms with Crippen LogP contribution in [-0.4, -0.2) is 54.9 Å². The Bertz CT molecular complexity index is 333. The van der Waals surface area contributed by atoms with Crippen LogP contribution in [0.2, 0.25) is 0 Å². The first-order valence-corrected chi connectivity index (χ1v) is 6.01. The number of hydrogen-bond acceptors (Lipinski definition) is 4. The van der Waals surface area contributed by atoms with Gasteiger partial charge >= 0.3 is 0 Å². The molecule has 0 radical (unpaired) electrons. The lowest BCUT2D eigenvalue weighted by molar-refractivity contribution is -0.146. The molecule has 1 saturated heterocycles. The molecule has 1 aromatic heterocycles. The van der Waals surface area contributed by atoms with Crippen LogP contribution in [0.5, 0.6) is 0 Å². The largest absolute Gasteiger partial charge is 0.396 e. The van der Waals surface area contributed by atoms with E-state index in [0.717, 1.165) is 25.2 Å². The first-order chi connectivity index (χ1) is 8.24. The van der Waals surface area contributed by atoms with Gasteiger partial charge in [0, 0.05) is 31.4 Å². The van der Waals surface area contributed by atoms with Crippen LogP contribution in [0.15, 0.2) is 24.4 Å². The normalized spacial score (nSPS) is 18.1. The summed E-state index contributed by atoms with van der Waals surface area (Å²) < 4.78 is 5.19. The number of aliphatic hydroxyl groups excluding tert-OH is 1. The van der Waals surface area contributed by atoms with Crippen LogP contribution in [0.4, 0.5) is 0 Å². The highest BCUT2D eigenvalue weighted by molar-refractivity contribution is 5.03. The molecule has 1 fully saturated rings. The fraction of sp³-hybridized carbons (Fsp3) is 0.615. The van der Waals surface area contributed by atoms with Gasteiger partial charge < -0.3 is 14.7 Å². The van der Waals surface area contributed by atoms with Gasteiger partial charge in [-0.2, -0.15) is 0 Å². The zero-order chi connectivity index (χ0) is 12.1. The number of nitrogens with zero attached hydrogens (tertiary/aromatic N) is 2. The first kappa shape index (κ1) is 12.5. The van der Waals surface area contributed by atoms with Crippen LogP contribution >= 0.6 is 0 Å². The van der Waals surface area contributed by atoms with Crippen molar-refractivity contribution >= 4 is 0 Å². The standard InChI is InChI=1S/C13H20N2O2/c1-15(8-13(9-16)10-17-11-13)7-5-12-4-2-3-6-14-12/h2-4,6,16H,5,7-11H2,1H3. The molecule has 0 bridgehead atoms. The number of aliphatic hydroxyl groups is 1. The molecule has 0 aromatic carbocycles. The molecule has 17 heavy (non-hydrogen) atoms. The molecule has 4 nitrogen and oxygen atoms in total. The lowest BCUT2D eigenvalue weighted by Crippen LogP contribution is -2.52. The Hall–Kier alpha value is -0.970. The summed E-state index contributed by atoms with van der Waals surface area (Å²) in [5, 5.41) is 9.35. The van der Waals surface area contributed by atoms with Crippen molar-refractivity contribution in [3.8, 4) is 0 Å². The Morgan fingerprint density at radius 2 is 2.29 bits per heavy atom. The van der Waals surface area contributed by atoms with Crippen molar-refractivity contribution in [3.05, 3.63) is 30.1 Å². The summed E-state index contributed by atoms with van der Waals surface area (Å²) >= 11 is 0. The molecule has 2 heterocycles. The van der Waals surface area contributed by atoms with Crippen LogP contribution < -0.4 is 0 Å². The quantitative estimate of drug-likeness (QED) is 0.784. The van der Waals surface area contributed by atoms with Crippen LogP contribution in [0.3, 0.4) is 0 Å². The number of pyridine rings is 1. The van der Waals surface area contributed by atoms with Crippen LogP contribution in [-0.2, 0) is 11.2 Å². The number of hydrogen-bond donors (Lipinski definition) is 1. The summed E-state index contributed by atoms with van der Waals surface area (Å²) in [6.45, 7) is 3.41. The van der Waals surface area contributed by atoms with E-state index in [1.165, 1.54) is 0 Å². The Morgan fingerprint density at radius 3 is 2.82 bits per heavy atom. The second-order valence-electron chi connectivity index (χ2n) is 4.96. The molecule has 1 N–H and O–H groups in total. The van der Waals surface area contributed by atoms with Gasteiger partial charge in [-0.3, -0.25) is 4.98 Å². The Morgan fingerprint density at radius 1 is 1.47 bits per heavy atom. The van der Waals surface area contributed by atoms with Crippen molar-refractivity contribution in [2.24, 2.45) is 5.41 Å². The molecular formula is C13H20N2O2. The van der Waals surface area contributed by atoms with Crippen molar-refractivity contribution in [1.29, 1.82) is 0 Å². The minimum atomic E-state index is -0.0289. The molecule has 94 valence electrons. The van der Waals surface area contributed by atoms with E-state index in [4.69, 9.17) is 4.74 Å². The van der Waals surface area contributed by atoms with Crippen LogP contribution in [0.25, 0.3) is 0 Å². The SMILES string of the molecule is CN(CCc1ccccn1)CC1(CO)COC1. The molecule has 1 aliphatic heterocycles. The molecular weight excluding hydrogens is 216 g/mol. The summed E-state index contributed by atoms with van der Waals surface area (Å²) in [5.41, 5.74) is 1.08. The number of likely N-dealkylation sites (N-methyl/N-ethyl adjacent to an activating group) is 1. The van der Waals surface area contributed by atoms with Gasteiger partial charge in [0.15, 0.2) is 0 Å². The Kier molecular flexibility index (Phi) is 4.10. The van der Waals surface area contributed by atoms with Crippen molar-refractivity contribution in [3.63, 3.8) is 0 Å². The van der Waals surface area contributed by atoms with Gasteiger partial charge in [-0.05, 0) is 19.2 Å². The molecule has 0 saturated carbocycles. The zero-order valence-corrected chi connectivity index (χ0v) is 10.3. The van der Waals surface area contributed by atoms with E-state index in [0.29, 0.717) is 13.2 Å². The van der Waals surface area contributed by atoms with E-state index in [1.54, 1.807) is 0 Å². The molecule has 0 unspecified atom stereocenters. The third-order valence-corrected chi connectivity index (χ3v) is 3.23. The smallest absolute Gasteiger partial charge is 0.0579 e. The number of ether oxygens (including phenoxy) is 1. The highest BCUT2D eigenvalue weighted by Gasteiger charge is 2.38. The first-order valence-electron chi connectivity index (χ1n) is 6.01. The Labute approximate surface area is 102 Å². The third-order valence-electron chi connectivity index (χ3n) is 3.23. The summed E-state index contributed by atoms with van der Waals surface area (Å²) in [6, 6.07) is 5.99. The van der Waals surface area contributed by atoms with Gasteiger partial charge in [-0.15, -0.1) is 0 Å². The number of aromatic nitrogens is 1. The lowest BCUT2D eigenvalue weighted by Gasteiger charge is -2.42. The molecule has 0 amide bonds. The molecule has 4 heteroatoms. The highest BCUT2D eigenvalue weighted by Crippen LogP contribution is 2.27. The van der Waals surface area contributed by atoms with E-state index in [2.05, 4.69) is 16.9 Å². The molecule has 0 aliphatic carbocycles. The van der Waals surface area contributed by atoms with Crippen molar-refractivity contribution in [2.75, 3.05) is 40.0 Å². The van der Waals surface area contributed by atoms with Gasteiger partial charge in [0.2, 0.25) is 0 Å². The predicted molar refractivity (Wildman–Crippen MR) is 65.8 cm³/mol. The zero-order valence-electron chi connectivity index (χ0n) is 10.3. The lowest BCUT2D eigenvalue weighted by atomic mass is 9.86. The summed E-state index contributed by atoms with van der Waals surface area (Å²) in [7, 11) is 2.08. The van der Waals surface area contributed by atoms with Gasteiger partial charge in [0.1, 0.15) is 0 Å². The minimum Gasteiger partial charge on any atom is -0.396 e. The maximum Gasteiger partial charge on any atom is 0.0579 e. The summed E-state index contributed by atoms with van der Waals surface area (Å²) in [5.74, 6) is 0. The monoisotopic (exact) mass is 236 g/mol. The van der Waals surface area contributed by atoms with Crippen molar-refractivity contribution < 1.29 is 9.84 Å².